The SMILES string of the molecule is O=C(OCc1nc(-c2cccnc2)no1)c1ccc(S(=O)(=O)N2CCOCC2)cc1. The van der Waals surface area contributed by atoms with Crippen LogP contribution in [0.3, 0.4) is 0 Å². The monoisotopic (exact) mass is 430 g/mol. The average Bonchev–Trinajstić information content (AvgIpc) is 3.28. The van der Waals surface area contributed by atoms with Crippen molar-refractivity contribution in [3.8, 4) is 11.4 Å². The van der Waals surface area contributed by atoms with Gasteiger partial charge in [0.05, 0.1) is 23.7 Å². The topological polar surface area (TPSA) is 125 Å². The van der Waals surface area contributed by atoms with Gasteiger partial charge < -0.3 is 14.0 Å². The number of ether oxygens (including phenoxy) is 2. The van der Waals surface area contributed by atoms with Crippen LogP contribution in [0, 0.1) is 0 Å². The van der Waals surface area contributed by atoms with Crippen LogP contribution in [0.5, 0.6) is 0 Å². The van der Waals surface area contributed by atoms with Crippen molar-refractivity contribution in [1.29, 1.82) is 0 Å². The van der Waals surface area contributed by atoms with E-state index in [9.17, 15) is 13.2 Å². The van der Waals surface area contributed by atoms with Gasteiger partial charge in [-0.3, -0.25) is 4.98 Å². The number of hydrogen-bond donors (Lipinski definition) is 0. The van der Waals surface area contributed by atoms with Crippen molar-refractivity contribution in [2.24, 2.45) is 0 Å². The van der Waals surface area contributed by atoms with Crippen molar-refractivity contribution < 1.29 is 27.2 Å². The second-order valence-electron chi connectivity index (χ2n) is 6.37. The number of aromatic nitrogens is 3. The van der Waals surface area contributed by atoms with Gasteiger partial charge in [0.2, 0.25) is 15.8 Å². The molecule has 11 heteroatoms. The molecule has 0 saturated carbocycles. The van der Waals surface area contributed by atoms with E-state index < -0.39 is 16.0 Å². The molecular formula is C19H18N4O6S. The Balaban J connectivity index is 1.38. The Bertz CT molecular complexity index is 1110. The predicted molar refractivity (Wildman–Crippen MR) is 103 cm³/mol. The molecule has 0 unspecified atom stereocenters. The highest BCUT2D eigenvalue weighted by Crippen LogP contribution is 2.19. The zero-order valence-corrected chi connectivity index (χ0v) is 16.6. The molecule has 10 nitrogen and oxygen atoms in total. The third kappa shape index (κ3) is 4.37. The van der Waals surface area contributed by atoms with Gasteiger partial charge in [-0.05, 0) is 36.4 Å². The number of carbonyl (C=O) groups is 1. The quantitative estimate of drug-likeness (QED) is 0.535. The van der Waals surface area contributed by atoms with Crippen molar-refractivity contribution in [1.82, 2.24) is 19.4 Å². The second-order valence-corrected chi connectivity index (χ2v) is 8.31. The molecule has 3 aromatic rings. The van der Waals surface area contributed by atoms with Crippen molar-refractivity contribution in [2.75, 3.05) is 26.3 Å². The number of carbonyl (C=O) groups excluding carboxylic acids is 1. The summed E-state index contributed by atoms with van der Waals surface area (Å²) in [5.74, 6) is -0.160. The normalized spacial score (nSPS) is 15.1. The van der Waals surface area contributed by atoms with E-state index in [-0.39, 0.29) is 23.0 Å². The molecule has 0 spiro atoms. The number of esters is 1. The lowest BCUT2D eigenvalue weighted by molar-refractivity contribution is 0.0429. The first kappa shape index (κ1) is 20.1. The molecule has 1 aromatic carbocycles. The number of benzene rings is 1. The summed E-state index contributed by atoms with van der Waals surface area (Å²) < 4.78 is 42.0. The Hall–Kier alpha value is -3.15. The van der Waals surface area contributed by atoms with Crippen molar-refractivity contribution in [3.63, 3.8) is 0 Å². The van der Waals surface area contributed by atoms with Crippen LogP contribution in [0.1, 0.15) is 16.2 Å². The van der Waals surface area contributed by atoms with Gasteiger partial charge >= 0.3 is 5.97 Å². The van der Waals surface area contributed by atoms with Crippen molar-refractivity contribution in [3.05, 3.63) is 60.2 Å². The highest BCUT2D eigenvalue weighted by molar-refractivity contribution is 7.89. The second kappa shape index (κ2) is 8.69. The maximum atomic E-state index is 12.6. The molecule has 30 heavy (non-hydrogen) atoms. The van der Waals surface area contributed by atoms with E-state index in [4.69, 9.17) is 14.0 Å². The summed E-state index contributed by atoms with van der Waals surface area (Å²) in [6.45, 7) is 1.12. The molecule has 0 amide bonds. The van der Waals surface area contributed by atoms with Crippen LogP contribution < -0.4 is 0 Å². The Morgan fingerprint density at radius 1 is 1.13 bits per heavy atom. The average molecular weight is 430 g/mol. The molecule has 0 aliphatic carbocycles. The largest absolute Gasteiger partial charge is 0.452 e. The minimum Gasteiger partial charge on any atom is -0.452 e. The first-order chi connectivity index (χ1) is 14.5. The fraction of sp³-hybridized carbons (Fsp3) is 0.263. The van der Waals surface area contributed by atoms with E-state index in [1.54, 1.807) is 24.5 Å². The Labute approximate surface area is 172 Å². The fourth-order valence-electron chi connectivity index (χ4n) is 2.84. The summed E-state index contributed by atoms with van der Waals surface area (Å²) in [6.07, 6.45) is 3.22. The Morgan fingerprint density at radius 3 is 2.60 bits per heavy atom. The van der Waals surface area contributed by atoms with Gasteiger partial charge in [0.25, 0.3) is 5.89 Å². The molecule has 3 heterocycles. The van der Waals surface area contributed by atoms with E-state index in [0.29, 0.717) is 37.7 Å². The molecule has 1 fully saturated rings. The van der Waals surface area contributed by atoms with Crippen molar-refractivity contribution >= 4 is 16.0 Å². The highest BCUT2D eigenvalue weighted by atomic mass is 32.2. The van der Waals surface area contributed by atoms with Crippen LogP contribution in [-0.4, -0.2) is 60.1 Å². The molecule has 1 aliphatic heterocycles. The first-order valence-electron chi connectivity index (χ1n) is 9.12. The third-order valence-corrected chi connectivity index (χ3v) is 6.33. The summed E-state index contributed by atoms with van der Waals surface area (Å²) in [5, 5.41) is 3.82. The summed E-state index contributed by atoms with van der Waals surface area (Å²) in [5.41, 5.74) is 0.888. The number of sulfonamides is 1. The summed E-state index contributed by atoms with van der Waals surface area (Å²) in [6, 6.07) is 9.10. The third-order valence-electron chi connectivity index (χ3n) is 4.41. The van der Waals surface area contributed by atoms with E-state index in [0.717, 1.165) is 0 Å². The van der Waals surface area contributed by atoms with Crippen LogP contribution in [0.25, 0.3) is 11.4 Å². The molecule has 0 bridgehead atoms. The lowest BCUT2D eigenvalue weighted by Crippen LogP contribution is -2.40. The number of rotatable bonds is 6. The van der Waals surface area contributed by atoms with Crippen LogP contribution in [-0.2, 0) is 26.1 Å². The minimum atomic E-state index is -3.62. The smallest absolute Gasteiger partial charge is 0.338 e. The van der Waals surface area contributed by atoms with Crippen LogP contribution >= 0.6 is 0 Å². The number of nitrogens with zero attached hydrogens (tertiary/aromatic N) is 4. The van der Waals surface area contributed by atoms with Gasteiger partial charge in [0.15, 0.2) is 6.61 Å². The van der Waals surface area contributed by atoms with Crippen molar-refractivity contribution in [2.45, 2.75) is 11.5 Å². The van der Waals surface area contributed by atoms with Gasteiger partial charge in [0, 0.05) is 31.0 Å². The Morgan fingerprint density at radius 2 is 1.90 bits per heavy atom. The molecule has 0 N–H and O–H groups in total. The lowest BCUT2D eigenvalue weighted by Gasteiger charge is -2.26. The van der Waals surface area contributed by atoms with Gasteiger partial charge in [-0.2, -0.15) is 9.29 Å². The van der Waals surface area contributed by atoms with E-state index in [1.807, 2.05) is 0 Å². The highest BCUT2D eigenvalue weighted by Gasteiger charge is 2.26. The zero-order valence-electron chi connectivity index (χ0n) is 15.8. The van der Waals surface area contributed by atoms with E-state index in [2.05, 4.69) is 15.1 Å². The van der Waals surface area contributed by atoms with Gasteiger partial charge in [-0.25, -0.2) is 13.2 Å². The molecule has 0 radical (unpaired) electrons. The number of pyridine rings is 1. The standard InChI is InChI=1S/C19H18N4O6S/c24-19(28-13-17-21-18(22-29-17)15-2-1-7-20-12-15)14-3-5-16(6-4-14)30(25,26)23-8-10-27-11-9-23/h1-7,12H,8-11,13H2. The number of morpholine rings is 1. The van der Waals surface area contributed by atoms with Crippen LogP contribution in [0.15, 0.2) is 58.2 Å². The summed E-state index contributed by atoms with van der Waals surface area (Å²) in [7, 11) is -3.62. The first-order valence-corrected chi connectivity index (χ1v) is 10.6. The molecule has 1 aliphatic rings. The maximum absolute atomic E-state index is 12.6. The van der Waals surface area contributed by atoms with Gasteiger partial charge in [0.1, 0.15) is 0 Å². The maximum Gasteiger partial charge on any atom is 0.338 e. The predicted octanol–water partition coefficient (Wildman–Crippen LogP) is 1.51. The van der Waals surface area contributed by atoms with E-state index in [1.165, 1.54) is 28.6 Å². The molecule has 4 rings (SSSR count). The van der Waals surface area contributed by atoms with Crippen LogP contribution in [0.2, 0.25) is 0 Å². The van der Waals surface area contributed by atoms with Crippen LogP contribution in [0.4, 0.5) is 0 Å². The Kier molecular flexibility index (Phi) is 5.84. The lowest BCUT2D eigenvalue weighted by atomic mass is 10.2. The molecule has 2 aromatic heterocycles. The molecule has 156 valence electrons. The summed E-state index contributed by atoms with van der Waals surface area (Å²) in [4.78, 5) is 20.5. The number of hydrogen-bond acceptors (Lipinski definition) is 9. The molecule has 1 saturated heterocycles. The van der Waals surface area contributed by atoms with Gasteiger partial charge in [-0.1, -0.05) is 5.16 Å². The zero-order chi connectivity index (χ0) is 21.0. The summed E-state index contributed by atoms with van der Waals surface area (Å²) >= 11 is 0. The van der Waals surface area contributed by atoms with E-state index >= 15 is 0 Å². The molecular weight excluding hydrogens is 412 g/mol. The molecule has 0 atom stereocenters. The minimum absolute atomic E-state index is 0.110. The van der Waals surface area contributed by atoms with Gasteiger partial charge in [-0.15, -0.1) is 0 Å². The fourth-order valence-corrected chi connectivity index (χ4v) is 4.24.